The summed E-state index contributed by atoms with van der Waals surface area (Å²) in [6.07, 6.45) is 2.06. The van der Waals surface area contributed by atoms with Gasteiger partial charge < -0.3 is 20.1 Å². The summed E-state index contributed by atoms with van der Waals surface area (Å²) in [4.78, 5) is 0. The van der Waals surface area contributed by atoms with E-state index in [9.17, 15) is 0 Å². The second kappa shape index (κ2) is 7.36. The third kappa shape index (κ3) is 4.11. The molecule has 0 saturated carbocycles. The summed E-state index contributed by atoms with van der Waals surface area (Å²) >= 11 is 0. The van der Waals surface area contributed by atoms with Crippen LogP contribution in [0.4, 0.5) is 5.69 Å². The first-order valence-corrected chi connectivity index (χ1v) is 7.05. The zero-order chi connectivity index (χ0) is 13.5. The van der Waals surface area contributed by atoms with Gasteiger partial charge in [-0.15, -0.1) is 0 Å². The van der Waals surface area contributed by atoms with Crippen LogP contribution in [0.15, 0.2) is 18.2 Å². The predicted octanol–water partition coefficient (Wildman–Crippen LogP) is 2.05. The van der Waals surface area contributed by atoms with Gasteiger partial charge in [0.15, 0.2) is 0 Å². The summed E-state index contributed by atoms with van der Waals surface area (Å²) in [5.74, 6) is 0.968. The van der Waals surface area contributed by atoms with Crippen LogP contribution in [-0.4, -0.2) is 39.5 Å². The molecule has 1 fully saturated rings. The van der Waals surface area contributed by atoms with Crippen LogP contribution in [0.1, 0.15) is 18.9 Å². The van der Waals surface area contributed by atoms with Gasteiger partial charge in [-0.1, -0.05) is 6.92 Å². The maximum absolute atomic E-state index is 5.44. The molecule has 1 aliphatic rings. The highest BCUT2D eigenvalue weighted by molar-refractivity contribution is 5.51. The Hall–Kier alpha value is -1.26. The van der Waals surface area contributed by atoms with Crippen LogP contribution in [0.5, 0.6) is 5.75 Å². The van der Waals surface area contributed by atoms with E-state index in [2.05, 4.69) is 29.7 Å². The minimum atomic E-state index is 0.477. The number of nitrogens with one attached hydrogen (secondary N) is 2. The number of methoxy groups -OCH3 is 1. The molecule has 0 bridgehead atoms. The lowest BCUT2D eigenvalue weighted by Gasteiger charge is -2.24. The molecule has 4 nitrogen and oxygen atoms in total. The second-order valence-electron chi connectivity index (χ2n) is 4.82. The van der Waals surface area contributed by atoms with Gasteiger partial charge in [0.25, 0.3) is 0 Å². The van der Waals surface area contributed by atoms with Crippen LogP contribution in [0, 0.1) is 0 Å². The molecule has 106 valence electrons. The fourth-order valence-electron chi connectivity index (χ4n) is 2.36. The molecule has 1 aromatic rings. The third-order valence-corrected chi connectivity index (χ3v) is 3.48. The van der Waals surface area contributed by atoms with Gasteiger partial charge in [-0.3, -0.25) is 0 Å². The highest BCUT2D eigenvalue weighted by Crippen LogP contribution is 2.23. The zero-order valence-electron chi connectivity index (χ0n) is 11.9. The van der Waals surface area contributed by atoms with Crippen molar-refractivity contribution in [2.45, 2.75) is 25.8 Å². The Labute approximate surface area is 115 Å². The molecule has 0 amide bonds. The highest BCUT2D eigenvalue weighted by Gasteiger charge is 2.12. The Morgan fingerprint density at radius 2 is 2.37 bits per heavy atom. The molecule has 1 atom stereocenters. The SMILES string of the molecule is CCc1cc(NCCC2COCCN2)ccc1OC. The average Bonchev–Trinajstić information content (AvgIpc) is 2.48. The van der Waals surface area contributed by atoms with Crippen LogP contribution in [-0.2, 0) is 11.2 Å². The number of anilines is 1. The molecule has 1 heterocycles. The van der Waals surface area contributed by atoms with E-state index in [1.807, 2.05) is 6.07 Å². The van der Waals surface area contributed by atoms with Crippen molar-refractivity contribution in [3.63, 3.8) is 0 Å². The van der Waals surface area contributed by atoms with Gasteiger partial charge >= 0.3 is 0 Å². The van der Waals surface area contributed by atoms with Gasteiger partial charge in [-0.2, -0.15) is 0 Å². The Kier molecular flexibility index (Phi) is 5.48. The minimum absolute atomic E-state index is 0.477. The topological polar surface area (TPSA) is 42.5 Å². The molecule has 0 spiro atoms. The van der Waals surface area contributed by atoms with E-state index in [-0.39, 0.29) is 0 Å². The number of ether oxygens (including phenoxy) is 2. The Balaban J connectivity index is 1.81. The summed E-state index contributed by atoms with van der Waals surface area (Å²) in [5, 5.41) is 6.93. The number of benzene rings is 1. The molecule has 0 radical (unpaired) electrons. The van der Waals surface area contributed by atoms with Crippen LogP contribution >= 0.6 is 0 Å². The van der Waals surface area contributed by atoms with Crippen LogP contribution in [0.3, 0.4) is 0 Å². The smallest absolute Gasteiger partial charge is 0.122 e. The monoisotopic (exact) mass is 264 g/mol. The summed E-state index contributed by atoms with van der Waals surface area (Å²) < 4.78 is 10.8. The molecule has 4 heteroatoms. The number of hydrogen-bond donors (Lipinski definition) is 2. The molecule has 19 heavy (non-hydrogen) atoms. The summed E-state index contributed by atoms with van der Waals surface area (Å²) in [6, 6.07) is 6.75. The van der Waals surface area contributed by atoms with Crippen molar-refractivity contribution in [2.24, 2.45) is 0 Å². The van der Waals surface area contributed by atoms with Crippen molar-refractivity contribution < 1.29 is 9.47 Å². The molecule has 2 N–H and O–H groups in total. The summed E-state index contributed by atoms with van der Waals surface area (Å²) in [5.41, 5.74) is 2.40. The van der Waals surface area contributed by atoms with E-state index in [0.717, 1.165) is 50.6 Å². The quantitative estimate of drug-likeness (QED) is 0.825. The van der Waals surface area contributed by atoms with E-state index < -0.39 is 0 Å². The molecular weight excluding hydrogens is 240 g/mol. The fraction of sp³-hybridized carbons (Fsp3) is 0.600. The van der Waals surface area contributed by atoms with Gasteiger partial charge in [0.2, 0.25) is 0 Å². The second-order valence-corrected chi connectivity index (χ2v) is 4.82. The normalized spacial score (nSPS) is 19.2. The lowest BCUT2D eigenvalue weighted by Crippen LogP contribution is -2.42. The Morgan fingerprint density at radius 3 is 3.05 bits per heavy atom. The van der Waals surface area contributed by atoms with Gasteiger partial charge in [0.05, 0.1) is 20.3 Å². The van der Waals surface area contributed by atoms with E-state index in [0.29, 0.717) is 6.04 Å². The van der Waals surface area contributed by atoms with Gasteiger partial charge in [0, 0.05) is 24.8 Å². The maximum atomic E-state index is 5.44. The van der Waals surface area contributed by atoms with Crippen molar-refractivity contribution in [3.8, 4) is 5.75 Å². The number of morpholine rings is 1. The largest absolute Gasteiger partial charge is 0.496 e. The first-order chi connectivity index (χ1) is 9.33. The number of aryl methyl sites for hydroxylation is 1. The summed E-state index contributed by atoms with van der Waals surface area (Å²) in [6.45, 7) is 5.72. The van der Waals surface area contributed by atoms with Crippen LogP contribution in [0.2, 0.25) is 0 Å². The molecule has 1 aliphatic heterocycles. The standard InChI is InChI=1S/C15H24N2O2/c1-3-12-10-13(4-5-15(12)18-2)16-7-6-14-11-19-9-8-17-14/h4-5,10,14,16-17H,3,6-9,11H2,1-2H3. The first kappa shape index (κ1) is 14.2. The summed E-state index contributed by atoms with van der Waals surface area (Å²) in [7, 11) is 1.72. The van der Waals surface area contributed by atoms with Gasteiger partial charge in [0.1, 0.15) is 5.75 Å². The fourth-order valence-corrected chi connectivity index (χ4v) is 2.36. The molecule has 0 aromatic heterocycles. The van der Waals surface area contributed by atoms with Crippen molar-refractivity contribution in [3.05, 3.63) is 23.8 Å². The van der Waals surface area contributed by atoms with E-state index in [1.54, 1.807) is 7.11 Å². The van der Waals surface area contributed by atoms with E-state index >= 15 is 0 Å². The zero-order valence-corrected chi connectivity index (χ0v) is 11.9. The molecule has 1 saturated heterocycles. The van der Waals surface area contributed by atoms with Gasteiger partial charge in [-0.05, 0) is 36.6 Å². The average molecular weight is 264 g/mol. The molecule has 1 aromatic carbocycles. The predicted molar refractivity (Wildman–Crippen MR) is 78.1 cm³/mol. The van der Waals surface area contributed by atoms with Crippen molar-refractivity contribution in [1.29, 1.82) is 0 Å². The third-order valence-electron chi connectivity index (χ3n) is 3.48. The lowest BCUT2D eigenvalue weighted by molar-refractivity contribution is 0.0753. The minimum Gasteiger partial charge on any atom is -0.496 e. The van der Waals surface area contributed by atoms with E-state index in [4.69, 9.17) is 9.47 Å². The highest BCUT2D eigenvalue weighted by atomic mass is 16.5. The molecular formula is C15H24N2O2. The lowest BCUT2D eigenvalue weighted by atomic mass is 10.1. The number of rotatable bonds is 6. The Bertz CT molecular complexity index is 390. The van der Waals surface area contributed by atoms with E-state index in [1.165, 1.54) is 5.56 Å². The maximum Gasteiger partial charge on any atom is 0.122 e. The molecule has 0 aliphatic carbocycles. The molecule has 2 rings (SSSR count). The Morgan fingerprint density at radius 1 is 1.47 bits per heavy atom. The first-order valence-electron chi connectivity index (χ1n) is 7.05. The van der Waals surface area contributed by atoms with Crippen LogP contribution < -0.4 is 15.4 Å². The van der Waals surface area contributed by atoms with Crippen molar-refractivity contribution >= 4 is 5.69 Å². The van der Waals surface area contributed by atoms with Gasteiger partial charge in [-0.25, -0.2) is 0 Å². The van der Waals surface area contributed by atoms with Crippen molar-refractivity contribution in [2.75, 3.05) is 38.7 Å². The van der Waals surface area contributed by atoms with Crippen molar-refractivity contribution in [1.82, 2.24) is 5.32 Å². The van der Waals surface area contributed by atoms with Crippen LogP contribution in [0.25, 0.3) is 0 Å². The number of hydrogen-bond acceptors (Lipinski definition) is 4. The molecule has 1 unspecified atom stereocenters.